The van der Waals surface area contributed by atoms with E-state index in [-0.39, 0.29) is 5.56 Å². The maximum absolute atomic E-state index is 12.0. The Labute approximate surface area is 129 Å². The summed E-state index contributed by atoms with van der Waals surface area (Å²) >= 11 is 0. The lowest BCUT2D eigenvalue weighted by molar-refractivity contribution is 0.109. The quantitative estimate of drug-likeness (QED) is 0.773. The molecule has 1 saturated heterocycles. The van der Waals surface area contributed by atoms with Crippen LogP contribution < -0.4 is 10.9 Å². The summed E-state index contributed by atoms with van der Waals surface area (Å²) in [6, 6.07) is 7.22. The predicted molar refractivity (Wildman–Crippen MR) is 87.2 cm³/mol. The van der Waals surface area contributed by atoms with Gasteiger partial charge in [-0.25, -0.2) is 4.98 Å². The van der Waals surface area contributed by atoms with Gasteiger partial charge in [0, 0.05) is 13.1 Å². The lowest BCUT2D eigenvalue weighted by atomic mass is 10.1. The van der Waals surface area contributed by atoms with E-state index in [2.05, 4.69) is 20.2 Å². The van der Waals surface area contributed by atoms with Crippen LogP contribution in [0.25, 0.3) is 10.9 Å². The Morgan fingerprint density at radius 1 is 1.27 bits per heavy atom. The highest BCUT2D eigenvalue weighted by Gasteiger charge is 2.14. The Morgan fingerprint density at radius 3 is 2.86 bits per heavy atom. The molecular weight excluding hydrogens is 280 g/mol. The molecule has 2 aromatic rings. The fraction of sp³-hybridized carbons (Fsp3) is 0.500. The Balaban J connectivity index is 1.60. The number of aromatic nitrogens is 2. The van der Waals surface area contributed by atoms with Crippen molar-refractivity contribution >= 4 is 16.9 Å². The molecule has 6 heteroatoms. The van der Waals surface area contributed by atoms with Gasteiger partial charge in [-0.05, 0) is 38.1 Å². The number of piperidine rings is 1. The Hall–Kier alpha value is -1.92. The number of hydrogen-bond donors (Lipinski definition) is 3. The molecule has 0 radical (unpaired) electrons. The molecule has 6 nitrogen and oxygen atoms in total. The smallest absolute Gasteiger partial charge is 0.260 e. The molecule has 0 amide bonds. The van der Waals surface area contributed by atoms with Crippen LogP contribution in [0.5, 0.6) is 0 Å². The molecule has 3 N–H and O–H groups in total. The predicted octanol–water partition coefficient (Wildman–Crippen LogP) is 1.18. The molecule has 2 heterocycles. The van der Waals surface area contributed by atoms with E-state index in [0.29, 0.717) is 29.9 Å². The number of anilines is 1. The molecule has 118 valence electrons. The summed E-state index contributed by atoms with van der Waals surface area (Å²) in [6.07, 6.45) is 3.22. The van der Waals surface area contributed by atoms with Crippen LogP contribution in [-0.2, 0) is 0 Å². The molecule has 0 spiro atoms. The van der Waals surface area contributed by atoms with E-state index in [1.54, 1.807) is 12.1 Å². The molecular formula is C16H22N4O2. The van der Waals surface area contributed by atoms with Crippen molar-refractivity contribution in [2.24, 2.45) is 0 Å². The number of aliphatic hydroxyl groups excluding tert-OH is 1. The molecule has 1 aromatic carbocycles. The number of nitrogens with zero attached hydrogens (tertiary/aromatic N) is 2. The number of hydrogen-bond acceptors (Lipinski definition) is 5. The topological polar surface area (TPSA) is 81.2 Å². The zero-order valence-corrected chi connectivity index (χ0v) is 12.6. The molecule has 0 saturated carbocycles. The van der Waals surface area contributed by atoms with Crippen molar-refractivity contribution < 1.29 is 5.11 Å². The Morgan fingerprint density at radius 2 is 2.05 bits per heavy atom. The van der Waals surface area contributed by atoms with Crippen molar-refractivity contribution in [3.63, 3.8) is 0 Å². The van der Waals surface area contributed by atoms with E-state index in [1.165, 1.54) is 19.3 Å². The molecule has 1 atom stereocenters. The Kier molecular flexibility index (Phi) is 4.70. The number of likely N-dealkylation sites (tertiary alicyclic amines) is 1. The van der Waals surface area contributed by atoms with E-state index < -0.39 is 6.10 Å². The maximum atomic E-state index is 12.0. The summed E-state index contributed by atoms with van der Waals surface area (Å²) in [6.45, 7) is 3.15. The number of H-pyrrole nitrogens is 1. The van der Waals surface area contributed by atoms with Gasteiger partial charge in [0.1, 0.15) is 0 Å². The van der Waals surface area contributed by atoms with Gasteiger partial charge in [-0.1, -0.05) is 18.6 Å². The molecule has 1 fully saturated rings. The van der Waals surface area contributed by atoms with Crippen molar-refractivity contribution in [1.82, 2.24) is 14.9 Å². The fourth-order valence-electron chi connectivity index (χ4n) is 2.89. The van der Waals surface area contributed by atoms with Crippen molar-refractivity contribution in [3.8, 4) is 0 Å². The second-order valence-electron chi connectivity index (χ2n) is 5.83. The van der Waals surface area contributed by atoms with Crippen molar-refractivity contribution in [1.29, 1.82) is 0 Å². The summed E-state index contributed by atoms with van der Waals surface area (Å²) in [5, 5.41) is 13.7. The van der Waals surface area contributed by atoms with Gasteiger partial charge >= 0.3 is 0 Å². The van der Waals surface area contributed by atoms with Crippen molar-refractivity contribution in [2.75, 3.05) is 31.5 Å². The first kappa shape index (κ1) is 15.0. The van der Waals surface area contributed by atoms with E-state index in [1.807, 2.05) is 12.1 Å². The second-order valence-corrected chi connectivity index (χ2v) is 5.83. The summed E-state index contributed by atoms with van der Waals surface area (Å²) in [5.41, 5.74) is 0.484. The lowest BCUT2D eigenvalue weighted by Crippen LogP contribution is -2.39. The molecule has 3 rings (SSSR count). The maximum Gasteiger partial charge on any atom is 0.260 e. The van der Waals surface area contributed by atoms with Gasteiger partial charge in [0.2, 0.25) is 5.95 Å². The minimum absolute atomic E-state index is 0.168. The zero-order valence-electron chi connectivity index (χ0n) is 12.6. The molecule has 1 aliphatic rings. The number of para-hydroxylation sites is 1. The van der Waals surface area contributed by atoms with Crippen molar-refractivity contribution in [3.05, 3.63) is 34.6 Å². The van der Waals surface area contributed by atoms with Crippen LogP contribution in [0.2, 0.25) is 0 Å². The van der Waals surface area contributed by atoms with Gasteiger partial charge in [-0.2, -0.15) is 0 Å². The summed E-state index contributed by atoms with van der Waals surface area (Å²) in [7, 11) is 0. The lowest BCUT2D eigenvalue weighted by Gasteiger charge is -2.28. The molecule has 1 aromatic heterocycles. The number of aliphatic hydroxyl groups is 1. The average molecular weight is 302 g/mol. The number of benzene rings is 1. The number of aromatic amines is 1. The minimum atomic E-state index is -0.477. The van der Waals surface area contributed by atoms with Gasteiger partial charge in [0.05, 0.1) is 17.0 Å². The van der Waals surface area contributed by atoms with E-state index in [9.17, 15) is 9.90 Å². The van der Waals surface area contributed by atoms with Crippen LogP contribution in [0, 0.1) is 0 Å². The monoisotopic (exact) mass is 302 g/mol. The highest BCUT2D eigenvalue weighted by molar-refractivity contribution is 5.78. The third-order valence-corrected chi connectivity index (χ3v) is 4.04. The van der Waals surface area contributed by atoms with E-state index in [0.717, 1.165) is 13.1 Å². The van der Waals surface area contributed by atoms with Crippen LogP contribution in [0.3, 0.4) is 0 Å². The highest BCUT2D eigenvalue weighted by atomic mass is 16.3. The van der Waals surface area contributed by atoms with Gasteiger partial charge < -0.3 is 15.3 Å². The largest absolute Gasteiger partial charge is 0.390 e. The third-order valence-electron chi connectivity index (χ3n) is 4.04. The summed E-state index contributed by atoms with van der Waals surface area (Å²) in [5.74, 6) is 0.404. The zero-order chi connectivity index (χ0) is 15.4. The molecule has 1 aliphatic heterocycles. The van der Waals surface area contributed by atoms with E-state index >= 15 is 0 Å². The fourth-order valence-corrected chi connectivity index (χ4v) is 2.89. The van der Waals surface area contributed by atoms with E-state index in [4.69, 9.17) is 0 Å². The number of fused-ring (bicyclic) bond motifs is 1. The molecule has 22 heavy (non-hydrogen) atoms. The first-order valence-corrected chi connectivity index (χ1v) is 7.86. The minimum Gasteiger partial charge on any atom is -0.390 e. The summed E-state index contributed by atoms with van der Waals surface area (Å²) < 4.78 is 0. The first-order valence-electron chi connectivity index (χ1n) is 7.86. The van der Waals surface area contributed by atoms with Gasteiger partial charge in [-0.15, -0.1) is 0 Å². The molecule has 0 aliphatic carbocycles. The van der Waals surface area contributed by atoms with Crippen LogP contribution in [0.15, 0.2) is 29.1 Å². The first-order chi connectivity index (χ1) is 10.7. The Bertz CT molecular complexity index is 679. The van der Waals surface area contributed by atoms with Crippen LogP contribution in [0.4, 0.5) is 5.95 Å². The van der Waals surface area contributed by atoms with Crippen LogP contribution in [-0.4, -0.2) is 52.3 Å². The van der Waals surface area contributed by atoms with Gasteiger partial charge in [0.25, 0.3) is 5.56 Å². The van der Waals surface area contributed by atoms with Gasteiger partial charge in [-0.3, -0.25) is 9.78 Å². The number of β-amino-alcohol motifs (C(OH)–C–C–N with tert-alkyl or cyclic N) is 1. The van der Waals surface area contributed by atoms with Gasteiger partial charge in [0.15, 0.2) is 0 Å². The SMILES string of the molecule is O=c1[nH]c(NCC(O)CN2CCCCC2)nc2ccccc12. The third kappa shape index (κ3) is 3.64. The normalized spacial score (nSPS) is 17.5. The second kappa shape index (κ2) is 6.89. The van der Waals surface area contributed by atoms with Crippen molar-refractivity contribution in [2.45, 2.75) is 25.4 Å². The van der Waals surface area contributed by atoms with Crippen LogP contribution in [0.1, 0.15) is 19.3 Å². The standard InChI is InChI=1S/C16H22N4O2/c21-12(11-20-8-4-1-5-9-20)10-17-16-18-14-7-3-2-6-13(14)15(22)19-16/h2-3,6-7,12,21H,1,4-5,8-11H2,(H2,17,18,19,22). The highest BCUT2D eigenvalue weighted by Crippen LogP contribution is 2.10. The average Bonchev–Trinajstić information content (AvgIpc) is 2.54. The molecule has 1 unspecified atom stereocenters. The number of nitrogens with one attached hydrogen (secondary N) is 2. The summed E-state index contributed by atoms with van der Waals surface area (Å²) in [4.78, 5) is 21.3. The molecule has 0 bridgehead atoms. The van der Waals surface area contributed by atoms with Crippen LogP contribution >= 0.6 is 0 Å². The number of rotatable bonds is 5.